The number of aryl methyl sites for hydroxylation is 2. The van der Waals surface area contributed by atoms with Crippen LogP contribution in [0.4, 0.5) is 11.5 Å². The lowest BCUT2D eigenvalue weighted by atomic mass is 10.3. The molecule has 0 aromatic carbocycles. The quantitative estimate of drug-likeness (QED) is 0.581. The van der Waals surface area contributed by atoms with Crippen molar-refractivity contribution in [1.82, 2.24) is 29.5 Å². The number of fused-ring (bicyclic) bond motifs is 1. The molecule has 0 saturated heterocycles. The summed E-state index contributed by atoms with van der Waals surface area (Å²) < 4.78 is 14.1. The van der Waals surface area contributed by atoms with Gasteiger partial charge in [-0.3, -0.25) is 4.68 Å². The molecule has 0 spiro atoms. The van der Waals surface area contributed by atoms with Crippen molar-refractivity contribution >= 4 is 22.5 Å². The Kier molecular flexibility index (Phi) is 4.11. The number of aromatic nitrogens is 6. The smallest absolute Gasteiger partial charge is 0.214 e. The molecule has 0 unspecified atom stereocenters. The molecule has 0 atom stereocenters. The molecule has 0 fully saturated rings. The van der Waals surface area contributed by atoms with E-state index in [1.54, 1.807) is 35.8 Å². The molecule has 0 bridgehead atoms. The van der Waals surface area contributed by atoms with Gasteiger partial charge in [-0.1, -0.05) is 6.07 Å². The van der Waals surface area contributed by atoms with Gasteiger partial charge in [0.05, 0.1) is 43.4 Å². The summed E-state index contributed by atoms with van der Waals surface area (Å²) in [5, 5.41) is 12.9. The second-order valence-corrected chi connectivity index (χ2v) is 5.95. The zero-order chi connectivity index (χ0) is 19.0. The Hall–Kier alpha value is -3.62. The average molecular weight is 365 g/mol. The minimum absolute atomic E-state index is 0.531. The molecule has 1 N–H and O–H groups in total. The molecule has 9 heteroatoms. The number of pyridine rings is 2. The number of nitrogens with one attached hydrogen (secondary N) is 1. The number of nitrogens with zero attached hydrogens (tertiary/aromatic N) is 6. The van der Waals surface area contributed by atoms with Crippen LogP contribution >= 0.6 is 0 Å². The Labute approximate surface area is 155 Å². The van der Waals surface area contributed by atoms with Gasteiger partial charge in [-0.25, -0.2) is 9.67 Å². The zero-order valence-electron chi connectivity index (χ0n) is 15.5. The summed E-state index contributed by atoms with van der Waals surface area (Å²) in [5.41, 5.74) is 2.36. The molecule has 0 radical (unpaired) electrons. The van der Waals surface area contributed by atoms with Gasteiger partial charge in [-0.15, -0.1) is 0 Å². The summed E-state index contributed by atoms with van der Waals surface area (Å²) in [6.07, 6.45) is 3.60. The molecule has 27 heavy (non-hydrogen) atoms. The first-order valence-corrected chi connectivity index (χ1v) is 8.30. The van der Waals surface area contributed by atoms with Gasteiger partial charge < -0.3 is 14.8 Å². The van der Waals surface area contributed by atoms with Crippen LogP contribution < -0.4 is 14.8 Å². The van der Waals surface area contributed by atoms with Crippen molar-refractivity contribution < 1.29 is 9.47 Å². The predicted molar refractivity (Wildman–Crippen MR) is 101 cm³/mol. The Morgan fingerprint density at radius 2 is 1.96 bits per heavy atom. The minimum atomic E-state index is 0.531. The molecule has 9 nitrogen and oxygen atoms in total. The second kappa shape index (κ2) is 6.60. The van der Waals surface area contributed by atoms with E-state index in [9.17, 15) is 0 Å². The van der Waals surface area contributed by atoms with Gasteiger partial charge in [0.25, 0.3) is 0 Å². The molecule has 4 rings (SSSR count). The van der Waals surface area contributed by atoms with Gasteiger partial charge in [0.1, 0.15) is 11.6 Å². The van der Waals surface area contributed by atoms with Gasteiger partial charge in [0.2, 0.25) is 5.88 Å². The minimum Gasteiger partial charge on any atom is -0.496 e. The van der Waals surface area contributed by atoms with E-state index in [1.165, 1.54) is 0 Å². The lowest BCUT2D eigenvalue weighted by molar-refractivity contribution is 0.397. The molecule has 4 aromatic rings. The standard InChI is InChI=1S/C18H19N7O2/c1-11-13(10-25(23-11)16-6-5-7-17(22-16)27-4)20-15-8-14(26-3)12-9-19-24(2)18(12)21-15/h5-10H,1-4H3,(H,20,21). The Bertz CT molecular complexity index is 1120. The van der Waals surface area contributed by atoms with E-state index >= 15 is 0 Å². The third kappa shape index (κ3) is 3.03. The number of rotatable bonds is 5. The van der Waals surface area contributed by atoms with Gasteiger partial charge >= 0.3 is 0 Å². The van der Waals surface area contributed by atoms with Crippen molar-refractivity contribution in [3.63, 3.8) is 0 Å². The molecule has 0 aliphatic heterocycles. The monoisotopic (exact) mass is 365 g/mol. The molecule has 0 aliphatic carbocycles. The van der Waals surface area contributed by atoms with Crippen molar-refractivity contribution in [2.24, 2.45) is 7.05 Å². The fraction of sp³-hybridized carbons (Fsp3) is 0.222. The third-order valence-electron chi connectivity index (χ3n) is 4.20. The maximum Gasteiger partial charge on any atom is 0.214 e. The average Bonchev–Trinajstić information content (AvgIpc) is 3.24. The van der Waals surface area contributed by atoms with Crippen LogP contribution in [-0.4, -0.2) is 43.7 Å². The highest BCUT2D eigenvalue weighted by Gasteiger charge is 2.13. The summed E-state index contributed by atoms with van der Waals surface area (Å²) in [6.45, 7) is 1.92. The van der Waals surface area contributed by atoms with Crippen molar-refractivity contribution in [2.75, 3.05) is 19.5 Å². The van der Waals surface area contributed by atoms with Crippen molar-refractivity contribution in [3.05, 3.63) is 42.4 Å². The van der Waals surface area contributed by atoms with Crippen LogP contribution in [0.5, 0.6) is 11.6 Å². The van der Waals surface area contributed by atoms with Crippen molar-refractivity contribution in [2.45, 2.75) is 6.92 Å². The number of methoxy groups -OCH3 is 2. The number of hydrogen-bond donors (Lipinski definition) is 1. The fourth-order valence-electron chi connectivity index (χ4n) is 2.80. The van der Waals surface area contributed by atoms with Crippen LogP contribution in [0.25, 0.3) is 16.9 Å². The maximum atomic E-state index is 5.47. The normalized spacial score (nSPS) is 11.0. The highest BCUT2D eigenvalue weighted by molar-refractivity contribution is 5.84. The van der Waals surface area contributed by atoms with E-state index in [1.807, 2.05) is 38.4 Å². The first-order chi connectivity index (χ1) is 13.1. The van der Waals surface area contributed by atoms with Crippen LogP contribution in [0, 0.1) is 6.92 Å². The van der Waals surface area contributed by atoms with Crippen LogP contribution in [0.3, 0.4) is 0 Å². The van der Waals surface area contributed by atoms with Crippen LogP contribution in [0.15, 0.2) is 36.7 Å². The number of anilines is 2. The van der Waals surface area contributed by atoms with E-state index < -0.39 is 0 Å². The first kappa shape index (κ1) is 16.8. The van der Waals surface area contributed by atoms with Gasteiger partial charge in [-0.2, -0.15) is 15.2 Å². The van der Waals surface area contributed by atoms with Crippen LogP contribution in [0.1, 0.15) is 5.69 Å². The SMILES string of the molecule is COc1cccc(-n2cc(Nc3cc(OC)c4cnn(C)c4n3)c(C)n2)n1. The lowest BCUT2D eigenvalue weighted by Gasteiger charge is -2.08. The maximum absolute atomic E-state index is 5.47. The Morgan fingerprint density at radius 1 is 1.11 bits per heavy atom. The van der Waals surface area contributed by atoms with Gasteiger partial charge in [0, 0.05) is 19.2 Å². The lowest BCUT2D eigenvalue weighted by Crippen LogP contribution is -1.99. The predicted octanol–water partition coefficient (Wildman–Crippen LogP) is 2.62. The summed E-state index contributed by atoms with van der Waals surface area (Å²) in [6, 6.07) is 7.36. The molecule has 4 aromatic heterocycles. The molecule has 4 heterocycles. The highest BCUT2D eigenvalue weighted by atomic mass is 16.5. The Morgan fingerprint density at radius 3 is 2.74 bits per heavy atom. The molecule has 0 saturated carbocycles. The summed E-state index contributed by atoms with van der Waals surface area (Å²) in [7, 11) is 5.06. The van der Waals surface area contributed by atoms with Gasteiger partial charge in [-0.05, 0) is 13.0 Å². The third-order valence-corrected chi connectivity index (χ3v) is 4.20. The largest absolute Gasteiger partial charge is 0.496 e. The molecule has 0 amide bonds. The molecule has 0 aliphatic rings. The number of hydrogen-bond acceptors (Lipinski definition) is 7. The molecular weight excluding hydrogens is 346 g/mol. The molecular formula is C18H19N7O2. The van der Waals surface area contributed by atoms with Crippen LogP contribution in [-0.2, 0) is 7.05 Å². The van der Waals surface area contributed by atoms with Crippen molar-refractivity contribution in [3.8, 4) is 17.4 Å². The van der Waals surface area contributed by atoms with E-state index in [0.29, 0.717) is 23.3 Å². The van der Waals surface area contributed by atoms with E-state index in [-0.39, 0.29) is 0 Å². The van der Waals surface area contributed by atoms with Crippen LogP contribution in [0.2, 0.25) is 0 Å². The zero-order valence-corrected chi connectivity index (χ0v) is 15.5. The molecule has 138 valence electrons. The van der Waals surface area contributed by atoms with E-state index in [0.717, 1.165) is 22.4 Å². The first-order valence-electron chi connectivity index (χ1n) is 8.30. The Balaban J connectivity index is 1.70. The second-order valence-electron chi connectivity index (χ2n) is 5.95. The fourth-order valence-corrected chi connectivity index (χ4v) is 2.80. The van der Waals surface area contributed by atoms with Gasteiger partial charge in [0.15, 0.2) is 11.5 Å². The number of ether oxygens (including phenoxy) is 2. The summed E-state index contributed by atoms with van der Waals surface area (Å²) in [4.78, 5) is 9.02. The topological polar surface area (TPSA) is 91.9 Å². The summed E-state index contributed by atoms with van der Waals surface area (Å²) in [5.74, 6) is 2.54. The summed E-state index contributed by atoms with van der Waals surface area (Å²) >= 11 is 0. The van der Waals surface area contributed by atoms with Crippen molar-refractivity contribution in [1.29, 1.82) is 0 Å². The van der Waals surface area contributed by atoms with E-state index in [2.05, 4.69) is 25.5 Å². The van der Waals surface area contributed by atoms with E-state index in [4.69, 9.17) is 9.47 Å². The highest BCUT2D eigenvalue weighted by Crippen LogP contribution is 2.29.